The summed E-state index contributed by atoms with van der Waals surface area (Å²) >= 11 is 0. The van der Waals surface area contributed by atoms with Crippen molar-refractivity contribution >= 4 is 5.91 Å². The van der Waals surface area contributed by atoms with Crippen LogP contribution in [0.2, 0.25) is 0 Å². The number of nitrogens with zero attached hydrogens (tertiary/aromatic N) is 2. The molecule has 1 N–H and O–H groups in total. The highest BCUT2D eigenvalue weighted by atomic mass is 19.1. The first kappa shape index (κ1) is 17.0. The van der Waals surface area contributed by atoms with Crippen molar-refractivity contribution in [3.8, 4) is 5.88 Å². The maximum Gasteiger partial charge on any atom is 0.250 e. The Hall–Kier alpha value is -2.41. The average Bonchev–Trinajstić information content (AvgIpc) is 3.30. The Morgan fingerprint density at radius 2 is 2.35 bits per heavy atom. The van der Waals surface area contributed by atoms with Gasteiger partial charge in [0.15, 0.2) is 5.82 Å². The molecular formula is C19H22FN3O3. The standard InChI is InChI=1S/C19H22FN3O3/c20-14-5-2-10-22-19(14)26-16-12-23(15-6-3-11-25-18(15)16)17(24)8-7-13-4-1-9-21-13/h1-2,4-5,9-10,15-16,18,21H,3,6-8,11-12H2/t15-,16+,18+/m1/s1. The van der Waals surface area contributed by atoms with E-state index in [1.165, 1.54) is 18.3 Å². The molecule has 2 saturated heterocycles. The third kappa shape index (κ3) is 3.44. The van der Waals surface area contributed by atoms with Crippen LogP contribution < -0.4 is 4.74 Å². The van der Waals surface area contributed by atoms with Crippen molar-refractivity contribution in [1.82, 2.24) is 14.9 Å². The predicted molar refractivity (Wildman–Crippen MR) is 92.2 cm³/mol. The second kappa shape index (κ2) is 7.45. The molecule has 1 amide bonds. The van der Waals surface area contributed by atoms with Gasteiger partial charge in [-0.2, -0.15) is 0 Å². The first-order chi connectivity index (χ1) is 12.7. The number of pyridine rings is 1. The number of nitrogens with one attached hydrogen (secondary N) is 1. The summed E-state index contributed by atoms with van der Waals surface area (Å²) in [6.07, 6.45) is 5.59. The number of rotatable bonds is 5. The summed E-state index contributed by atoms with van der Waals surface area (Å²) in [4.78, 5) is 21.7. The van der Waals surface area contributed by atoms with E-state index in [4.69, 9.17) is 9.47 Å². The van der Waals surface area contributed by atoms with E-state index in [2.05, 4.69) is 9.97 Å². The molecule has 2 aromatic heterocycles. The summed E-state index contributed by atoms with van der Waals surface area (Å²) in [6.45, 7) is 1.03. The summed E-state index contributed by atoms with van der Waals surface area (Å²) in [5.41, 5.74) is 1.04. The largest absolute Gasteiger partial charge is 0.468 e. The molecule has 0 radical (unpaired) electrons. The molecule has 0 saturated carbocycles. The monoisotopic (exact) mass is 359 g/mol. The quantitative estimate of drug-likeness (QED) is 0.890. The predicted octanol–water partition coefficient (Wildman–Crippen LogP) is 2.32. The van der Waals surface area contributed by atoms with E-state index in [0.717, 1.165) is 18.5 Å². The number of aromatic amines is 1. The van der Waals surface area contributed by atoms with Gasteiger partial charge in [-0.3, -0.25) is 4.79 Å². The van der Waals surface area contributed by atoms with Gasteiger partial charge in [0.05, 0.1) is 12.6 Å². The Morgan fingerprint density at radius 1 is 1.42 bits per heavy atom. The lowest BCUT2D eigenvalue weighted by atomic mass is 10.0. The van der Waals surface area contributed by atoms with Crippen molar-refractivity contribution < 1.29 is 18.7 Å². The van der Waals surface area contributed by atoms with Crippen LogP contribution in [-0.4, -0.2) is 52.2 Å². The Bertz CT molecular complexity index is 752. The number of carbonyl (C=O) groups excluding carboxylic acids is 1. The number of hydrogen-bond acceptors (Lipinski definition) is 4. The molecule has 7 heteroatoms. The Labute approximate surface area is 151 Å². The van der Waals surface area contributed by atoms with E-state index in [-0.39, 0.29) is 23.9 Å². The lowest BCUT2D eigenvalue weighted by molar-refractivity contribution is -0.134. The number of aryl methyl sites for hydroxylation is 1. The number of ether oxygens (including phenoxy) is 2. The van der Waals surface area contributed by atoms with E-state index < -0.39 is 11.9 Å². The first-order valence-corrected chi connectivity index (χ1v) is 9.03. The summed E-state index contributed by atoms with van der Waals surface area (Å²) in [5.74, 6) is -0.463. The smallest absolute Gasteiger partial charge is 0.250 e. The van der Waals surface area contributed by atoms with Crippen molar-refractivity contribution in [2.45, 2.75) is 43.9 Å². The van der Waals surface area contributed by atoms with Gasteiger partial charge in [0.2, 0.25) is 5.91 Å². The number of halogens is 1. The number of amides is 1. The zero-order valence-corrected chi connectivity index (χ0v) is 14.4. The fourth-order valence-corrected chi connectivity index (χ4v) is 3.81. The van der Waals surface area contributed by atoms with Crippen LogP contribution in [0.4, 0.5) is 4.39 Å². The zero-order chi connectivity index (χ0) is 17.9. The highest BCUT2D eigenvalue weighted by Crippen LogP contribution is 2.32. The second-order valence-corrected chi connectivity index (χ2v) is 6.73. The molecule has 0 spiro atoms. The molecule has 0 aromatic carbocycles. The first-order valence-electron chi connectivity index (χ1n) is 9.03. The van der Waals surface area contributed by atoms with Crippen molar-refractivity contribution in [3.05, 3.63) is 48.2 Å². The van der Waals surface area contributed by atoms with Crippen LogP contribution in [0.25, 0.3) is 0 Å². The normalized spacial score (nSPS) is 25.1. The number of carbonyl (C=O) groups is 1. The maximum atomic E-state index is 13.9. The topological polar surface area (TPSA) is 67.5 Å². The summed E-state index contributed by atoms with van der Waals surface area (Å²) in [6, 6.07) is 6.71. The van der Waals surface area contributed by atoms with Crippen LogP contribution in [0.5, 0.6) is 5.88 Å². The van der Waals surface area contributed by atoms with Gasteiger partial charge < -0.3 is 19.4 Å². The van der Waals surface area contributed by atoms with Gasteiger partial charge >= 0.3 is 0 Å². The molecule has 2 aromatic rings. The molecule has 2 aliphatic heterocycles. The number of fused-ring (bicyclic) bond motifs is 1. The van der Waals surface area contributed by atoms with Crippen molar-refractivity contribution in [2.24, 2.45) is 0 Å². The highest BCUT2D eigenvalue weighted by Gasteiger charge is 2.47. The molecule has 0 bridgehead atoms. The van der Waals surface area contributed by atoms with Crippen molar-refractivity contribution in [3.63, 3.8) is 0 Å². The summed E-state index contributed by atoms with van der Waals surface area (Å²) in [5, 5.41) is 0. The van der Waals surface area contributed by atoms with E-state index in [9.17, 15) is 9.18 Å². The number of likely N-dealkylation sites (tertiary alicyclic amines) is 1. The lowest BCUT2D eigenvalue weighted by Gasteiger charge is -2.32. The van der Waals surface area contributed by atoms with Gasteiger partial charge in [-0.15, -0.1) is 0 Å². The summed E-state index contributed by atoms with van der Waals surface area (Å²) in [7, 11) is 0. The Morgan fingerprint density at radius 3 is 3.15 bits per heavy atom. The lowest BCUT2D eigenvalue weighted by Crippen LogP contribution is -2.44. The fourth-order valence-electron chi connectivity index (χ4n) is 3.81. The molecule has 0 aliphatic carbocycles. The van der Waals surface area contributed by atoms with Gasteiger partial charge in [-0.1, -0.05) is 0 Å². The molecule has 2 aliphatic rings. The molecule has 26 heavy (non-hydrogen) atoms. The van der Waals surface area contributed by atoms with Crippen LogP contribution in [0, 0.1) is 5.82 Å². The minimum absolute atomic E-state index is 0.0170. The third-order valence-corrected chi connectivity index (χ3v) is 5.06. The van der Waals surface area contributed by atoms with Gasteiger partial charge in [0.25, 0.3) is 5.88 Å². The second-order valence-electron chi connectivity index (χ2n) is 6.73. The van der Waals surface area contributed by atoms with Gasteiger partial charge in [-0.05, 0) is 43.5 Å². The molecule has 4 rings (SSSR count). The average molecular weight is 359 g/mol. The van der Waals surface area contributed by atoms with Crippen molar-refractivity contribution in [2.75, 3.05) is 13.2 Å². The summed E-state index contributed by atoms with van der Waals surface area (Å²) < 4.78 is 25.6. The number of hydrogen-bond donors (Lipinski definition) is 1. The molecular weight excluding hydrogens is 337 g/mol. The minimum Gasteiger partial charge on any atom is -0.468 e. The Balaban J connectivity index is 1.45. The number of aromatic nitrogens is 2. The third-order valence-electron chi connectivity index (χ3n) is 5.06. The minimum atomic E-state index is -0.503. The molecule has 3 atom stereocenters. The number of H-pyrrole nitrogens is 1. The molecule has 2 fully saturated rings. The van der Waals surface area contributed by atoms with E-state index >= 15 is 0 Å². The van der Waals surface area contributed by atoms with Crippen LogP contribution in [0.3, 0.4) is 0 Å². The zero-order valence-electron chi connectivity index (χ0n) is 14.4. The molecule has 0 unspecified atom stereocenters. The molecule has 138 valence electrons. The highest BCUT2D eigenvalue weighted by molar-refractivity contribution is 5.77. The van der Waals surface area contributed by atoms with Crippen LogP contribution in [0.15, 0.2) is 36.7 Å². The SMILES string of the molecule is O=C(CCc1ccc[nH]1)N1C[C@H](Oc2ncccc2F)[C@H]2OCCC[C@H]21. The molecule has 6 nitrogen and oxygen atoms in total. The van der Waals surface area contributed by atoms with Gasteiger partial charge in [0, 0.05) is 31.1 Å². The van der Waals surface area contributed by atoms with E-state index in [1.807, 2.05) is 23.2 Å². The van der Waals surface area contributed by atoms with E-state index in [0.29, 0.717) is 26.0 Å². The molecule has 4 heterocycles. The van der Waals surface area contributed by atoms with Gasteiger partial charge in [0.1, 0.15) is 12.2 Å². The van der Waals surface area contributed by atoms with Crippen molar-refractivity contribution in [1.29, 1.82) is 0 Å². The van der Waals surface area contributed by atoms with E-state index in [1.54, 1.807) is 0 Å². The maximum absolute atomic E-state index is 13.9. The van der Waals surface area contributed by atoms with Crippen LogP contribution in [-0.2, 0) is 16.0 Å². The fraction of sp³-hybridized carbons (Fsp3) is 0.474. The van der Waals surface area contributed by atoms with Crippen LogP contribution >= 0.6 is 0 Å². The Kier molecular flexibility index (Phi) is 4.88. The van der Waals surface area contributed by atoms with Gasteiger partial charge in [-0.25, -0.2) is 9.37 Å². The van der Waals surface area contributed by atoms with Crippen LogP contribution in [0.1, 0.15) is 25.0 Å².